The van der Waals surface area contributed by atoms with E-state index >= 15 is 0 Å². The van der Waals surface area contributed by atoms with Crippen LogP contribution in [0.3, 0.4) is 0 Å². The number of amides is 2. The summed E-state index contributed by atoms with van der Waals surface area (Å²) in [5.41, 5.74) is 0.744. The Bertz CT molecular complexity index is 457. The number of hydrogen-bond acceptors (Lipinski definition) is 3. The third-order valence-corrected chi connectivity index (χ3v) is 3.88. The maximum absolute atomic E-state index is 12.0. The summed E-state index contributed by atoms with van der Waals surface area (Å²) in [6, 6.07) is 8.10. The van der Waals surface area contributed by atoms with Crippen LogP contribution in [-0.4, -0.2) is 31.8 Å². The Hall–Kier alpha value is -1.75. The van der Waals surface area contributed by atoms with E-state index in [4.69, 9.17) is 4.74 Å². The number of methoxy groups -OCH3 is 1. The van der Waals surface area contributed by atoms with Gasteiger partial charge in [0, 0.05) is 23.8 Å². The molecule has 5 nitrogen and oxygen atoms in total. The zero-order chi connectivity index (χ0) is 15.1. The Balaban J connectivity index is 1.77. The van der Waals surface area contributed by atoms with Crippen LogP contribution in [0.5, 0.6) is 5.75 Å². The largest absolute Gasteiger partial charge is 0.497 e. The van der Waals surface area contributed by atoms with E-state index in [1.807, 2.05) is 24.3 Å². The molecule has 1 aliphatic rings. The molecule has 0 saturated heterocycles. The molecule has 0 aromatic heterocycles. The molecule has 2 rings (SSSR count). The molecule has 2 amide bonds. The van der Waals surface area contributed by atoms with Crippen molar-refractivity contribution in [1.29, 1.82) is 0 Å². The van der Waals surface area contributed by atoms with Crippen LogP contribution >= 0.6 is 0 Å². The van der Waals surface area contributed by atoms with Crippen molar-refractivity contribution in [3.05, 3.63) is 24.3 Å². The van der Waals surface area contributed by atoms with E-state index in [1.165, 1.54) is 0 Å². The number of urea groups is 1. The molecule has 1 aliphatic carbocycles. The van der Waals surface area contributed by atoms with Gasteiger partial charge < -0.3 is 20.7 Å². The van der Waals surface area contributed by atoms with Gasteiger partial charge in [0.2, 0.25) is 0 Å². The average molecular weight is 291 g/mol. The lowest BCUT2D eigenvalue weighted by molar-refractivity contribution is 0.240. The fraction of sp³-hybridized carbons (Fsp3) is 0.562. The second kappa shape index (κ2) is 7.88. The predicted molar refractivity (Wildman–Crippen MR) is 84.9 cm³/mol. The molecule has 0 atom stereocenters. The Morgan fingerprint density at radius 2 is 1.95 bits per heavy atom. The van der Waals surface area contributed by atoms with Crippen LogP contribution in [0.1, 0.15) is 32.6 Å². The van der Waals surface area contributed by atoms with E-state index in [0.717, 1.165) is 43.7 Å². The molecular weight excluding hydrogens is 266 g/mol. The van der Waals surface area contributed by atoms with Gasteiger partial charge in [0.05, 0.1) is 7.11 Å². The summed E-state index contributed by atoms with van der Waals surface area (Å²) in [6.07, 6.45) is 4.31. The first kappa shape index (κ1) is 15.6. The number of benzene rings is 1. The lowest BCUT2D eigenvalue weighted by atomic mass is 9.91. The minimum atomic E-state index is -0.143. The smallest absolute Gasteiger partial charge is 0.319 e. The first-order valence-electron chi connectivity index (χ1n) is 7.66. The summed E-state index contributed by atoms with van der Waals surface area (Å²) in [4.78, 5) is 12.0. The molecule has 5 heteroatoms. The van der Waals surface area contributed by atoms with Crippen LogP contribution in [-0.2, 0) is 0 Å². The maximum Gasteiger partial charge on any atom is 0.319 e. The molecule has 0 unspecified atom stereocenters. The quantitative estimate of drug-likeness (QED) is 0.781. The van der Waals surface area contributed by atoms with Gasteiger partial charge >= 0.3 is 6.03 Å². The summed E-state index contributed by atoms with van der Waals surface area (Å²) in [7, 11) is 1.61. The van der Waals surface area contributed by atoms with Gasteiger partial charge in [0.15, 0.2) is 0 Å². The standard InChI is InChI=1S/C16H25N3O2/c1-3-17-12-7-9-13(10-8-12)18-16(20)19-14-5-4-6-15(11-14)21-2/h4-6,11-13,17H,3,7-10H2,1-2H3,(H2,18,19,20). The Labute approximate surface area is 126 Å². The van der Waals surface area contributed by atoms with E-state index in [0.29, 0.717) is 6.04 Å². The van der Waals surface area contributed by atoms with Crippen molar-refractivity contribution in [2.45, 2.75) is 44.7 Å². The number of hydrogen-bond donors (Lipinski definition) is 3. The second-order valence-electron chi connectivity index (χ2n) is 5.44. The molecule has 1 aromatic rings. The molecule has 1 saturated carbocycles. The third kappa shape index (κ3) is 4.93. The highest BCUT2D eigenvalue weighted by atomic mass is 16.5. The maximum atomic E-state index is 12.0. The molecule has 3 N–H and O–H groups in total. The molecular formula is C16H25N3O2. The summed E-state index contributed by atoms with van der Waals surface area (Å²) in [5.74, 6) is 0.735. The minimum Gasteiger partial charge on any atom is -0.497 e. The fourth-order valence-electron chi connectivity index (χ4n) is 2.78. The monoisotopic (exact) mass is 291 g/mol. The number of carbonyl (C=O) groups is 1. The van der Waals surface area contributed by atoms with Gasteiger partial charge in [-0.05, 0) is 44.4 Å². The van der Waals surface area contributed by atoms with E-state index in [2.05, 4.69) is 22.9 Å². The van der Waals surface area contributed by atoms with Gasteiger partial charge in [-0.2, -0.15) is 0 Å². The fourth-order valence-corrected chi connectivity index (χ4v) is 2.78. The lowest BCUT2D eigenvalue weighted by Gasteiger charge is -2.29. The lowest BCUT2D eigenvalue weighted by Crippen LogP contribution is -2.43. The van der Waals surface area contributed by atoms with E-state index in [9.17, 15) is 4.79 Å². The summed E-state index contributed by atoms with van der Waals surface area (Å²) < 4.78 is 5.14. The number of carbonyl (C=O) groups excluding carboxylic acids is 1. The topological polar surface area (TPSA) is 62.4 Å². The van der Waals surface area contributed by atoms with Crippen LogP contribution < -0.4 is 20.7 Å². The van der Waals surface area contributed by atoms with Gasteiger partial charge in [0.25, 0.3) is 0 Å². The molecule has 0 radical (unpaired) electrons. The van der Waals surface area contributed by atoms with Gasteiger partial charge in [-0.25, -0.2) is 4.79 Å². The van der Waals surface area contributed by atoms with Crippen LogP contribution in [0.2, 0.25) is 0 Å². The van der Waals surface area contributed by atoms with Gasteiger partial charge in [-0.15, -0.1) is 0 Å². The average Bonchev–Trinajstić information content (AvgIpc) is 2.49. The predicted octanol–water partition coefficient (Wildman–Crippen LogP) is 2.74. The van der Waals surface area contributed by atoms with Crippen molar-refractivity contribution in [2.24, 2.45) is 0 Å². The number of rotatable bonds is 5. The summed E-state index contributed by atoms with van der Waals surface area (Å²) in [6.45, 7) is 3.14. The first-order chi connectivity index (χ1) is 10.2. The van der Waals surface area contributed by atoms with Crippen molar-refractivity contribution in [3.63, 3.8) is 0 Å². The Kier molecular flexibility index (Phi) is 5.87. The zero-order valence-corrected chi connectivity index (χ0v) is 12.8. The van der Waals surface area contributed by atoms with E-state index < -0.39 is 0 Å². The summed E-state index contributed by atoms with van der Waals surface area (Å²) in [5, 5.41) is 9.37. The van der Waals surface area contributed by atoms with Crippen LogP contribution in [0, 0.1) is 0 Å². The zero-order valence-electron chi connectivity index (χ0n) is 12.8. The number of ether oxygens (including phenoxy) is 1. The molecule has 0 heterocycles. The Morgan fingerprint density at radius 1 is 1.24 bits per heavy atom. The van der Waals surface area contributed by atoms with Crippen LogP contribution in [0.25, 0.3) is 0 Å². The van der Waals surface area contributed by atoms with Crippen LogP contribution in [0.4, 0.5) is 10.5 Å². The molecule has 0 bridgehead atoms. The van der Waals surface area contributed by atoms with Gasteiger partial charge in [-0.3, -0.25) is 0 Å². The first-order valence-corrected chi connectivity index (χ1v) is 7.66. The minimum absolute atomic E-state index is 0.143. The van der Waals surface area contributed by atoms with Crippen LogP contribution in [0.15, 0.2) is 24.3 Å². The van der Waals surface area contributed by atoms with Crippen molar-refractivity contribution in [2.75, 3.05) is 19.0 Å². The number of anilines is 1. The van der Waals surface area contributed by atoms with E-state index in [1.54, 1.807) is 7.11 Å². The molecule has 21 heavy (non-hydrogen) atoms. The van der Waals surface area contributed by atoms with Crippen molar-refractivity contribution < 1.29 is 9.53 Å². The third-order valence-electron chi connectivity index (χ3n) is 3.88. The molecule has 0 aliphatic heterocycles. The molecule has 0 spiro atoms. The second-order valence-corrected chi connectivity index (χ2v) is 5.44. The van der Waals surface area contributed by atoms with Crippen molar-refractivity contribution >= 4 is 11.7 Å². The highest BCUT2D eigenvalue weighted by Gasteiger charge is 2.21. The molecule has 1 fully saturated rings. The summed E-state index contributed by atoms with van der Waals surface area (Å²) >= 11 is 0. The molecule has 116 valence electrons. The Morgan fingerprint density at radius 3 is 2.62 bits per heavy atom. The SMILES string of the molecule is CCNC1CCC(NC(=O)Nc2cccc(OC)c2)CC1. The highest BCUT2D eigenvalue weighted by Crippen LogP contribution is 2.19. The molecule has 1 aromatic carbocycles. The van der Waals surface area contributed by atoms with Gasteiger partial charge in [-0.1, -0.05) is 13.0 Å². The van der Waals surface area contributed by atoms with E-state index in [-0.39, 0.29) is 12.1 Å². The van der Waals surface area contributed by atoms with Gasteiger partial charge in [0.1, 0.15) is 5.75 Å². The van der Waals surface area contributed by atoms with Crippen molar-refractivity contribution in [1.82, 2.24) is 10.6 Å². The highest BCUT2D eigenvalue weighted by molar-refractivity contribution is 5.89. The number of nitrogens with one attached hydrogen (secondary N) is 3. The normalized spacial score (nSPS) is 21.6. The van der Waals surface area contributed by atoms with Crippen molar-refractivity contribution in [3.8, 4) is 5.75 Å².